The molecule has 0 fully saturated rings. The second-order valence-corrected chi connectivity index (χ2v) is 0. The Morgan fingerprint density at radius 2 is 0.375 bits per heavy atom. The molecular weight excluding hydrogens is 392 g/mol. The van der Waals surface area contributed by atoms with Crippen molar-refractivity contribution < 1.29 is 97.1 Å². The second-order valence-electron chi connectivity index (χ2n) is 0. The van der Waals surface area contributed by atoms with E-state index in [-0.39, 0.29) is 97.1 Å². The van der Waals surface area contributed by atoms with Crippen LogP contribution in [0.1, 0.15) is 0 Å². The summed E-state index contributed by atoms with van der Waals surface area (Å²) in [5.74, 6) is 0. The van der Waals surface area contributed by atoms with Crippen molar-refractivity contribution in [2.75, 3.05) is 0 Å². The summed E-state index contributed by atoms with van der Waals surface area (Å²) in [6.45, 7) is 0. The summed E-state index contributed by atoms with van der Waals surface area (Å²) in [4.78, 5) is 0. The third kappa shape index (κ3) is 105. The van der Waals surface area contributed by atoms with Gasteiger partial charge in [0.15, 0.2) is 0 Å². The van der Waals surface area contributed by atoms with Crippen molar-refractivity contribution in [1.82, 2.24) is 0 Å². The SMILES string of the molecule is [Ar].[F-].[F-].[F-].[F-].[F-].[F-].[U]. The molecule has 0 saturated carbocycles. The van der Waals surface area contributed by atoms with Crippen molar-refractivity contribution in [3.8, 4) is 0 Å². The normalized spacial score (nSPS) is 0. The molecule has 0 aliphatic carbocycles. The van der Waals surface area contributed by atoms with Crippen LogP contribution in [0.25, 0.3) is 0 Å². The van der Waals surface area contributed by atoms with Crippen LogP contribution in [-0.4, -0.2) is 0 Å². The first-order chi connectivity index (χ1) is 0. The number of hydrogen-bond donors (Lipinski definition) is 0. The Hall–Kier alpha value is 1.89. The smallest absolute Gasteiger partial charge is 0 e. The van der Waals surface area contributed by atoms with Gasteiger partial charge in [0.1, 0.15) is 0 Å². The molecule has 0 radical (unpaired) electrons. The average molecular weight is 392 g/mol. The standard InChI is InChI=1S/Ar.6FH.U/h;6*1H;/p-6. The molecule has 0 aromatic carbocycles. The third-order valence-electron chi connectivity index (χ3n) is 0. The van der Waals surface area contributed by atoms with Gasteiger partial charge >= 0.3 is 0 Å². The summed E-state index contributed by atoms with van der Waals surface area (Å²) in [5, 5.41) is 0. The van der Waals surface area contributed by atoms with Crippen molar-refractivity contribution in [3.63, 3.8) is 0 Å². The minimum atomic E-state index is 0. The van der Waals surface area contributed by atoms with Gasteiger partial charge in [-0.3, -0.25) is 0 Å². The first kappa shape index (κ1) is 219. The monoisotopic (exact) mass is 392 g/mol. The van der Waals surface area contributed by atoms with Gasteiger partial charge in [-0.1, -0.05) is 0 Å². The molecule has 0 bridgehead atoms. The molecule has 0 heterocycles. The van der Waals surface area contributed by atoms with E-state index in [1.54, 1.807) is 0 Å². The van der Waals surface area contributed by atoms with Crippen LogP contribution in [0, 0.1) is 68.9 Å². The molecule has 0 nitrogen and oxygen atoms in total. The summed E-state index contributed by atoms with van der Waals surface area (Å²) in [6, 6.07) is 0. The van der Waals surface area contributed by atoms with E-state index in [2.05, 4.69) is 0 Å². The molecule has 0 rings (SSSR count). The molecule has 0 atom stereocenters. The molecule has 0 spiro atoms. The van der Waals surface area contributed by atoms with Crippen molar-refractivity contribution >= 4 is 0 Å². The molecule has 0 saturated heterocycles. The van der Waals surface area contributed by atoms with E-state index >= 15 is 0 Å². The zero-order valence-electron chi connectivity index (χ0n) is 3.12. The molecule has 8 heavy (non-hydrogen) atoms. The summed E-state index contributed by atoms with van der Waals surface area (Å²) in [5.41, 5.74) is 0. The van der Waals surface area contributed by atoms with Crippen LogP contribution in [0.2, 0.25) is 0 Å². The molecule has 0 unspecified atom stereocenters. The summed E-state index contributed by atoms with van der Waals surface area (Å²) < 4.78 is 0. The Balaban J connectivity index is 0. The van der Waals surface area contributed by atoms with Gasteiger partial charge in [0, 0.05) is 68.9 Å². The van der Waals surface area contributed by atoms with Crippen LogP contribution in [-0.2, 0) is 0 Å². The minimum absolute atomic E-state index is 0. The molecule has 0 N–H and O–H groups in total. The van der Waals surface area contributed by atoms with E-state index in [0.29, 0.717) is 0 Å². The van der Waals surface area contributed by atoms with E-state index in [9.17, 15) is 0 Å². The first-order valence-electron chi connectivity index (χ1n) is 0. The Morgan fingerprint density at radius 3 is 0.375 bits per heavy atom. The van der Waals surface area contributed by atoms with Crippen LogP contribution in [0.4, 0.5) is 0 Å². The maximum atomic E-state index is 0. The quantitative estimate of drug-likeness (QED) is 0.360. The molecule has 0 amide bonds. The Morgan fingerprint density at radius 1 is 0.375 bits per heavy atom. The number of rotatable bonds is 0. The van der Waals surface area contributed by atoms with Crippen LogP contribution in [0.5, 0.6) is 0 Å². The van der Waals surface area contributed by atoms with E-state index in [1.165, 1.54) is 0 Å². The summed E-state index contributed by atoms with van der Waals surface area (Å²) >= 11 is 0. The van der Waals surface area contributed by atoms with Gasteiger partial charge in [-0.15, -0.1) is 0 Å². The summed E-state index contributed by atoms with van der Waals surface area (Å²) in [6.07, 6.45) is 0. The third-order valence-corrected chi connectivity index (χ3v) is 0. The molecule has 0 aliphatic rings. The maximum Gasteiger partial charge on any atom is 0 e. The molecule has 0 aromatic heterocycles. The van der Waals surface area contributed by atoms with Crippen molar-refractivity contribution in [2.45, 2.75) is 0 Å². The minimum Gasteiger partial charge on any atom is -1.00 e. The second kappa shape index (κ2) is 155. The van der Waals surface area contributed by atoms with Gasteiger partial charge in [-0.25, -0.2) is 0 Å². The van der Waals surface area contributed by atoms with Gasteiger partial charge in [0.05, 0.1) is 0 Å². The van der Waals surface area contributed by atoms with Gasteiger partial charge in [0.2, 0.25) is 0 Å². The maximum absolute atomic E-state index is 0. The molecule has 8 heteroatoms. The average Bonchev–Trinajstić information content (AvgIpc) is 0. The van der Waals surface area contributed by atoms with Gasteiger partial charge in [-0.2, -0.15) is 0 Å². The number of hydrogen-bond acceptors (Lipinski definition) is 0. The largest absolute Gasteiger partial charge is 1.00 e. The van der Waals surface area contributed by atoms with Crippen LogP contribution < -0.4 is 28.2 Å². The Kier molecular flexibility index (Phi) is 4230. The van der Waals surface area contributed by atoms with E-state index in [1.807, 2.05) is 0 Å². The van der Waals surface area contributed by atoms with Gasteiger partial charge < -0.3 is 28.2 Å². The zero-order valence-corrected chi connectivity index (χ0v) is 7.99. The van der Waals surface area contributed by atoms with Crippen molar-refractivity contribution in [2.24, 2.45) is 0 Å². The summed E-state index contributed by atoms with van der Waals surface area (Å²) in [7, 11) is 0. The predicted molar refractivity (Wildman–Crippen MR) is 0 cm³/mol. The van der Waals surface area contributed by atoms with Crippen molar-refractivity contribution in [1.29, 1.82) is 0 Å². The van der Waals surface area contributed by atoms with Gasteiger partial charge in [0.25, 0.3) is 0 Å². The van der Waals surface area contributed by atoms with Crippen LogP contribution in [0.3, 0.4) is 0 Å². The Labute approximate surface area is 95.7 Å². The molecular formula is ArF6U-6. The van der Waals surface area contributed by atoms with Crippen LogP contribution in [0.15, 0.2) is 0 Å². The predicted octanol–water partition coefficient (Wildman–Crippen LogP) is -18.0. The molecule has 0 aliphatic heterocycles. The fourth-order valence-corrected chi connectivity index (χ4v) is 0. The first-order valence-corrected chi connectivity index (χ1v) is 0. The zero-order chi connectivity index (χ0) is 0. The number of halogens is 6. The molecule has 60 valence electrons. The van der Waals surface area contributed by atoms with Gasteiger partial charge in [-0.05, 0) is 0 Å². The fraction of sp³-hybridized carbons (Fsp3) is 0. The topological polar surface area (TPSA) is 0 Å². The van der Waals surface area contributed by atoms with E-state index < -0.39 is 0 Å². The van der Waals surface area contributed by atoms with E-state index in [4.69, 9.17) is 0 Å². The molecule has 0 aromatic rings. The van der Waals surface area contributed by atoms with E-state index in [0.717, 1.165) is 0 Å². The Bertz CT molecular complexity index is 8.49. The van der Waals surface area contributed by atoms with Crippen molar-refractivity contribution in [3.05, 3.63) is 0 Å². The fourth-order valence-electron chi connectivity index (χ4n) is 0. The van der Waals surface area contributed by atoms with Crippen LogP contribution >= 0.6 is 0 Å².